The summed E-state index contributed by atoms with van der Waals surface area (Å²) >= 11 is 0. The van der Waals surface area contributed by atoms with Gasteiger partial charge in [0.25, 0.3) is 0 Å². The topological polar surface area (TPSA) is 70.4 Å². The number of aliphatic hydroxyl groups is 1. The van der Waals surface area contributed by atoms with Gasteiger partial charge in [0.1, 0.15) is 11.5 Å². The van der Waals surface area contributed by atoms with Crippen molar-refractivity contribution in [3.63, 3.8) is 0 Å². The molecular weight excluding hydrogens is 386 g/mol. The Morgan fingerprint density at radius 2 is 1.81 bits per heavy atom. The predicted molar refractivity (Wildman–Crippen MR) is 121 cm³/mol. The fraction of sp³-hybridized carbons (Fsp3) is 0.778. The highest BCUT2D eigenvalue weighted by Crippen LogP contribution is 2.68. The normalized spacial score (nSPS) is 45.5. The van der Waals surface area contributed by atoms with Crippen molar-refractivity contribution in [2.75, 3.05) is 0 Å². The molecule has 1 heterocycles. The van der Waals surface area contributed by atoms with Crippen LogP contribution >= 0.6 is 0 Å². The van der Waals surface area contributed by atoms with Crippen LogP contribution in [0.25, 0.3) is 0 Å². The molecule has 1 aromatic rings. The fourth-order valence-electron chi connectivity index (χ4n) is 8.99. The maximum Gasteiger partial charge on any atom is 0.137 e. The standard InChI is InChI=1S/C27H39NO3/c1-15-11-24(31)25(28-14-15)16(2)19-5-6-20-18-13-23(30)22-12-17(29)7-9-27(22,4)21(18)8-10-26(19,20)3/h11,14,16-22,29,31H,5-10,12-13H2,1-4H3/t16-,17+,18+,19-,20-,21+,22+,26-,27-/m1/s1. The molecule has 0 bridgehead atoms. The zero-order valence-electron chi connectivity index (χ0n) is 19.6. The molecule has 170 valence electrons. The molecule has 0 unspecified atom stereocenters. The second kappa shape index (κ2) is 7.30. The van der Waals surface area contributed by atoms with E-state index in [9.17, 15) is 15.0 Å². The minimum absolute atomic E-state index is 0.0617. The summed E-state index contributed by atoms with van der Waals surface area (Å²) in [5.74, 6) is 3.21. The smallest absolute Gasteiger partial charge is 0.137 e. The van der Waals surface area contributed by atoms with Gasteiger partial charge < -0.3 is 10.2 Å². The van der Waals surface area contributed by atoms with Crippen LogP contribution in [0.15, 0.2) is 12.3 Å². The summed E-state index contributed by atoms with van der Waals surface area (Å²) in [7, 11) is 0. The number of aromatic nitrogens is 1. The number of pyridine rings is 1. The van der Waals surface area contributed by atoms with Gasteiger partial charge in [-0.2, -0.15) is 0 Å². The van der Waals surface area contributed by atoms with Gasteiger partial charge in [-0.05, 0) is 98.0 Å². The monoisotopic (exact) mass is 425 g/mol. The molecule has 5 rings (SSSR count). The number of Topliss-reactive ketones (excluding diaryl/α,β-unsaturated/α-hetero) is 1. The van der Waals surface area contributed by atoms with E-state index >= 15 is 0 Å². The summed E-state index contributed by atoms with van der Waals surface area (Å²) in [5, 5.41) is 20.8. The van der Waals surface area contributed by atoms with Gasteiger partial charge in [-0.3, -0.25) is 9.78 Å². The Hall–Kier alpha value is -1.42. The fourth-order valence-corrected chi connectivity index (χ4v) is 8.99. The van der Waals surface area contributed by atoms with Crippen LogP contribution < -0.4 is 0 Å². The Morgan fingerprint density at radius 3 is 2.55 bits per heavy atom. The first-order valence-corrected chi connectivity index (χ1v) is 12.5. The molecule has 0 amide bonds. The van der Waals surface area contributed by atoms with E-state index in [4.69, 9.17) is 0 Å². The summed E-state index contributed by atoms with van der Waals surface area (Å²) < 4.78 is 0. The molecule has 4 aliphatic carbocycles. The lowest BCUT2D eigenvalue weighted by Gasteiger charge is -2.60. The number of carbonyl (C=O) groups excluding carboxylic acids is 1. The average Bonchev–Trinajstić information content (AvgIpc) is 3.06. The van der Waals surface area contributed by atoms with E-state index in [1.54, 1.807) is 0 Å². The third-order valence-corrected chi connectivity index (χ3v) is 10.6. The zero-order valence-corrected chi connectivity index (χ0v) is 19.6. The van der Waals surface area contributed by atoms with Gasteiger partial charge in [0.15, 0.2) is 0 Å². The maximum absolute atomic E-state index is 13.3. The summed E-state index contributed by atoms with van der Waals surface area (Å²) in [4.78, 5) is 17.9. The number of ketones is 1. The van der Waals surface area contributed by atoms with Crippen molar-refractivity contribution in [3.8, 4) is 5.75 Å². The van der Waals surface area contributed by atoms with Crippen molar-refractivity contribution < 1.29 is 15.0 Å². The lowest BCUT2D eigenvalue weighted by atomic mass is 9.44. The Labute approximate surface area is 186 Å². The van der Waals surface area contributed by atoms with Crippen LogP contribution in [0.5, 0.6) is 5.75 Å². The molecule has 9 atom stereocenters. The number of hydrogen-bond acceptors (Lipinski definition) is 4. The third kappa shape index (κ3) is 3.11. The van der Waals surface area contributed by atoms with E-state index in [1.165, 1.54) is 19.3 Å². The Kier molecular flexibility index (Phi) is 5.04. The number of aliphatic hydroxyl groups excluding tert-OH is 1. The van der Waals surface area contributed by atoms with Crippen LogP contribution in [0.2, 0.25) is 0 Å². The molecule has 0 radical (unpaired) electrons. The number of carbonyl (C=O) groups is 1. The molecule has 2 N–H and O–H groups in total. The first kappa shape index (κ1) is 21.4. The number of nitrogens with zero attached hydrogens (tertiary/aromatic N) is 1. The highest BCUT2D eigenvalue weighted by Gasteiger charge is 2.62. The maximum atomic E-state index is 13.3. The van der Waals surface area contributed by atoms with E-state index in [-0.39, 0.29) is 28.8 Å². The highest BCUT2D eigenvalue weighted by atomic mass is 16.3. The third-order valence-electron chi connectivity index (χ3n) is 10.6. The molecule has 4 saturated carbocycles. The van der Waals surface area contributed by atoms with E-state index < -0.39 is 0 Å². The molecule has 0 saturated heterocycles. The summed E-state index contributed by atoms with van der Waals surface area (Å²) in [6, 6.07) is 1.84. The molecule has 1 aromatic heterocycles. The van der Waals surface area contributed by atoms with Gasteiger partial charge in [0.05, 0.1) is 11.8 Å². The highest BCUT2D eigenvalue weighted by molar-refractivity contribution is 5.83. The van der Waals surface area contributed by atoms with Crippen LogP contribution in [-0.2, 0) is 4.79 Å². The summed E-state index contributed by atoms with van der Waals surface area (Å²) in [5.41, 5.74) is 2.11. The number of aromatic hydroxyl groups is 1. The number of fused-ring (bicyclic) bond motifs is 5. The van der Waals surface area contributed by atoms with Crippen LogP contribution in [0.4, 0.5) is 0 Å². The largest absolute Gasteiger partial charge is 0.506 e. The van der Waals surface area contributed by atoms with Crippen molar-refractivity contribution in [1.82, 2.24) is 4.98 Å². The number of hydrogen-bond donors (Lipinski definition) is 2. The SMILES string of the molecule is Cc1cnc([C@H](C)[C@H]2CC[C@@H]3[C@@H]4CC(=O)[C@@H]5C[C@@H](O)CC[C@]5(C)[C@H]4CC[C@@]32C)c(O)c1. The Bertz CT molecular complexity index is 883. The van der Waals surface area contributed by atoms with Crippen molar-refractivity contribution in [3.05, 3.63) is 23.5 Å². The summed E-state index contributed by atoms with van der Waals surface area (Å²) in [6.45, 7) is 9.04. The predicted octanol–water partition coefficient (Wildman–Crippen LogP) is 5.40. The molecule has 4 nitrogen and oxygen atoms in total. The lowest BCUT2D eigenvalue weighted by molar-refractivity contribution is -0.159. The molecule has 0 aromatic carbocycles. The van der Waals surface area contributed by atoms with Gasteiger partial charge in [0.2, 0.25) is 0 Å². The van der Waals surface area contributed by atoms with Gasteiger partial charge in [-0.1, -0.05) is 20.8 Å². The number of aryl methyl sites for hydroxylation is 1. The minimum atomic E-state index is -0.293. The quantitative estimate of drug-likeness (QED) is 0.666. The Balaban J connectivity index is 1.43. The van der Waals surface area contributed by atoms with Gasteiger partial charge in [-0.15, -0.1) is 0 Å². The van der Waals surface area contributed by atoms with Crippen molar-refractivity contribution in [1.29, 1.82) is 0 Å². The molecule has 0 spiro atoms. The first-order chi connectivity index (χ1) is 14.6. The van der Waals surface area contributed by atoms with Gasteiger partial charge >= 0.3 is 0 Å². The van der Waals surface area contributed by atoms with Crippen molar-refractivity contribution >= 4 is 5.78 Å². The van der Waals surface area contributed by atoms with E-state index in [0.29, 0.717) is 48.0 Å². The minimum Gasteiger partial charge on any atom is -0.506 e. The summed E-state index contributed by atoms with van der Waals surface area (Å²) in [6.07, 6.45) is 9.58. The Morgan fingerprint density at radius 1 is 1.10 bits per heavy atom. The molecule has 4 aliphatic rings. The average molecular weight is 426 g/mol. The van der Waals surface area contributed by atoms with E-state index in [0.717, 1.165) is 30.5 Å². The second-order valence-corrected chi connectivity index (χ2v) is 12.0. The van der Waals surface area contributed by atoms with E-state index in [1.807, 2.05) is 19.2 Å². The first-order valence-electron chi connectivity index (χ1n) is 12.5. The van der Waals surface area contributed by atoms with Crippen LogP contribution in [0.1, 0.15) is 89.3 Å². The number of rotatable bonds is 2. The van der Waals surface area contributed by atoms with Gasteiger partial charge in [-0.25, -0.2) is 0 Å². The van der Waals surface area contributed by atoms with Crippen LogP contribution in [0.3, 0.4) is 0 Å². The van der Waals surface area contributed by atoms with E-state index in [2.05, 4.69) is 25.8 Å². The van der Waals surface area contributed by atoms with Crippen molar-refractivity contribution in [2.45, 2.75) is 91.1 Å². The van der Waals surface area contributed by atoms with Gasteiger partial charge in [0, 0.05) is 24.5 Å². The van der Waals surface area contributed by atoms with Crippen LogP contribution in [0, 0.1) is 47.3 Å². The van der Waals surface area contributed by atoms with Crippen LogP contribution in [-0.4, -0.2) is 27.1 Å². The van der Waals surface area contributed by atoms with Crippen molar-refractivity contribution in [2.24, 2.45) is 40.4 Å². The molecule has 4 heteroatoms. The lowest BCUT2D eigenvalue weighted by Crippen LogP contribution is -2.57. The zero-order chi connectivity index (χ0) is 22.1. The molecule has 4 fully saturated rings. The molecular formula is C27H39NO3. The second-order valence-electron chi connectivity index (χ2n) is 12.0. The molecule has 31 heavy (non-hydrogen) atoms. The molecule has 0 aliphatic heterocycles.